The van der Waals surface area contributed by atoms with Gasteiger partial charge in [0.05, 0.1) is 17.2 Å². The van der Waals surface area contributed by atoms with E-state index in [1.54, 1.807) is 22.9 Å². The van der Waals surface area contributed by atoms with Gasteiger partial charge in [-0.1, -0.05) is 10.8 Å². The summed E-state index contributed by atoms with van der Waals surface area (Å²) in [5.74, 6) is 0.840. The SMILES string of the molecule is CSc1cc(O)ccc1-n1nnnc1C1=CC=C(CO)SS1. The number of hydrogen-bond acceptors (Lipinski definition) is 8. The first-order chi connectivity index (χ1) is 10.7. The molecule has 0 saturated carbocycles. The number of aromatic hydroxyl groups is 1. The number of aliphatic hydroxyl groups excluding tert-OH is 1. The van der Waals surface area contributed by atoms with E-state index in [1.807, 2.05) is 18.4 Å². The van der Waals surface area contributed by atoms with Crippen molar-refractivity contribution in [3.05, 3.63) is 41.1 Å². The lowest BCUT2D eigenvalue weighted by Gasteiger charge is -2.13. The molecule has 0 atom stereocenters. The summed E-state index contributed by atoms with van der Waals surface area (Å²) >= 11 is 1.51. The molecule has 1 aromatic heterocycles. The number of phenols is 1. The van der Waals surface area contributed by atoms with E-state index in [9.17, 15) is 5.11 Å². The topological polar surface area (TPSA) is 84.1 Å². The fraction of sp³-hybridized carbons (Fsp3) is 0.154. The van der Waals surface area contributed by atoms with Crippen LogP contribution < -0.4 is 0 Å². The van der Waals surface area contributed by atoms with Gasteiger partial charge in [-0.25, -0.2) is 0 Å². The first-order valence-electron chi connectivity index (χ1n) is 6.25. The van der Waals surface area contributed by atoms with E-state index in [0.717, 1.165) is 20.4 Å². The molecule has 0 fully saturated rings. The second-order valence-corrected chi connectivity index (χ2v) is 7.40. The normalized spacial score (nSPS) is 14.6. The van der Waals surface area contributed by atoms with Crippen molar-refractivity contribution >= 4 is 38.3 Å². The molecule has 2 heterocycles. The second kappa shape index (κ2) is 6.78. The second-order valence-electron chi connectivity index (χ2n) is 4.26. The number of hydrogen-bond donors (Lipinski definition) is 2. The van der Waals surface area contributed by atoms with Gasteiger partial charge in [0.1, 0.15) is 5.75 Å². The molecule has 0 aliphatic carbocycles. The summed E-state index contributed by atoms with van der Waals surface area (Å²) in [5, 5.41) is 30.7. The lowest BCUT2D eigenvalue weighted by molar-refractivity contribution is 0.339. The molecule has 0 saturated heterocycles. The Balaban J connectivity index is 2.04. The van der Waals surface area contributed by atoms with Crippen molar-refractivity contribution in [2.24, 2.45) is 0 Å². The van der Waals surface area contributed by atoms with Gasteiger partial charge in [0, 0.05) is 9.80 Å². The van der Waals surface area contributed by atoms with Crippen molar-refractivity contribution in [3.8, 4) is 11.4 Å². The van der Waals surface area contributed by atoms with Gasteiger partial charge in [0.2, 0.25) is 0 Å². The van der Waals surface area contributed by atoms with Gasteiger partial charge in [-0.3, -0.25) is 0 Å². The molecule has 0 radical (unpaired) electrons. The van der Waals surface area contributed by atoms with Gasteiger partial charge in [0.25, 0.3) is 0 Å². The van der Waals surface area contributed by atoms with E-state index in [-0.39, 0.29) is 12.4 Å². The number of phenolic OH excluding ortho intramolecular Hbond substituents is 1. The van der Waals surface area contributed by atoms with Crippen LogP contribution in [0.5, 0.6) is 5.75 Å². The van der Waals surface area contributed by atoms with Gasteiger partial charge in [-0.05, 0) is 57.8 Å². The highest BCUT2D eigenvalue weighted by Gasteiger charge is 2.19. The molecule has 1 aromatic carbocycles. The van der Waals surface area contributed by atoms with Crippen LogP contribution in [-0.2, 0) is 0 Å². The third-order valence-corrected chi connectivity index (χ3v) is 6.15. The summed E-state index contributed by atoms with van der Waals surface area (Å²) < 4.78 is 1.66. The van der Waals surface area contributed by atoms with Crippen LogP contribution >= 0.6 is 33.3 Å². The summed E-state index contributed by atoms with van der Waals surface area (Å²) in [6.45, 7) is 0.0287. The molecule has 114 valence electrons. The zero-order chi connectivity index (χ0) is 15.5. The highest BCUT2D eigenvalue weighted by molar-refractivity contribution is 8.81. The van der Waals surface area contributed by atoms with Crippen LogP contribution in [-0.4, -0.2) is 43.3 Å². The Morgan fingerprint density at radius 1 is 1.27 bits per heavy atom. The fourth-order valence-corrected chi connectivity index (χ4v) is 4.46. The number of benzene rings is 1. The van der Waals surface area contributed by atoms with Gasteiger partial charge in [-0.2, -0.15) is 4.68 Å². The number of nitrogens with zero attached hydrogens (tertiary/aromatic N) is 4. The zero-order valence-corrected chi connectivity index (χ0v) is 14.0. The molecule has 9 heteroatoms. The molecule has 1 aliphatic heterocycles. The Hall–Kier alpha value is -1.42. The Morgan fingerprint density at radius 3 is 2.82 bits per heavy atom. The van der Waals surface area contributed by atoms with Crippen molar-refractivity contribution in [1.82, 2.24) is 20.2 Å². The van der Waals surface area contributed by atoms with Crippen molar-refractivity contribution in [1.29, 1.82) is 0 Å². The summed E-state index contributed by atoms with van der Waals surface area (Å²) in [4.78, 5) is 2.68. The predicted octanol–water partition coefficient (Wildman–Crippen LogP) is 2.70. The third kappa shape index (κ3) is 3.02. The fourth-order valence-electron chi connectivity index (χ4n) is 1.86. The molecule has 1 aliphatic rings. The standard InChI is InChI=1S/C13H12N4O2S3/c1-20-12-6-8(19)2-4-10(12)17-13(14-15-16-17)11-5-3-9(7-18)21-22-11/h2-6,18-19H,7H2,1H3. The highest BCUT2D eigenvalue weighted by Crippen LogP contribution is 2.44. The maximum absolute atomic E-state index is 9.62. The lowest BCUT2D eigenvalue weighted by Crippen LogP contribution is -2.03. The zero-order valence-electron chi connectivity index (χ0n) is 11.5. The number of aliphatic hydroxyl groups is 1. The maximum atomic E-state index is 9.62. The third-order valence-electron chi connectivity index (χ3n) is 2.90. The van der Waals surface area contributed by atoms with Gasteiger partial charge < -0.3 is 10.2 Å². The molecule has 0 unspecified atom stereocenters. The number of allylic oxidation sites excluding steroid dienone is 2. The Bertz CT molecular complexity index is 757. The Kier molecular flexibility index (Phi) is 4.77. The maximum Gasteiger partial charge on any atom is 0.194 e. The van der Waals surface area contributed by atoms with E-state index >= 15 is 0 Å². The molecule has 2 aromatic rings. The molecule has 3 rings (SSSR count). The first-order valence-corrected chi connectivity index (χ1v) is 9.62. The average Bonchev–Trinajstić information content (AvgIpc) is 3.04. The van der Waals surface area contributed by atoms with Crippen LogP contribution in [0, 0.1) is 0 Å². The van der Waals surface area contributed by atoms with Crippen molar-refractivity contribution in [3.63, 3.8) is 0 Å². The number of rotatable bonds is 4. The van der Waals surface area contributed by atoms with Crippen LogP contribution in [0.1, 0.15) is 5.82 Å². The summed E-state index contributed by atoms with van der Waals surface area (Å²) in [6.07, 6.45) is 5.69. The average molecular weight is 352 g/mol. The minimum absolute atomic E-state index is 0.0287. The molecule has 0 bridgehead atoms. The minimum atomic E-state index is 0.0287. The number of thioether (sulfide) groups is 1. The molecular formula is C13H12N4O2S3. The Morgan fingerprint density at radius 2 is 2.14 bits per heavy atom. The molecule has 22 heavy (non-hydrogen) atoms. The molecule has 0 spiro atoms. The largest absolute Gasteiger partial charge is 0.508 e. The van der Waals surface area contributed by atoms with Crippen LogP contribution in [0.3, 0.4) is 0 Å². The number of aromatic nitrogens is 4. The van der Waals surface area contributed by atoms with Crippen molar-refractivity contribution < 1.29 is 10.2 Å². The van der Waals surface area contributed by atoms with Crippen LogP contribution in [0.4, 0.5) is 0 Å². The van der Waals surface area contributed by atoms with Gasteiger partial charge in [-0.15, -0.1) is 16.9 Å². The lowest BCUT2D eigenvalue weighted by atomic mass is 10.3. The van der Waals surface area contributed by atoms with Crippen LogP contribution in [0.15, 0.2) is 40.2 Å². The smallest absolute Gasteiger partial charge is 0.194 e. The molecular weight excluding hydrogens is 340 g/mol. The highest BCUT2D eigenvalue weighted by atomic mass is 33.1. The predicted molar refractivity (Wildman–Crippen MR) is 90.9 cm³/mol. The summed E-state index contributed by atoms with van der Waals surface area (Å²) in [5.41, 5.74) is 0.814. The van der Waals surface area contributed by atoms with E-state index in [2.05, 4.69) is 15.5 Å². The molecule has 6 nitrogen and oxygen atoms in total. The molecule has 2 N–H and O–H groups in total. The molecule has 0 amide bonds. The quantitative estimate of drug-likeness (QED) is 0.642. The first kappa shape index (κ1) is 15.5. The summed E-state index contributed by atoms with van der Waals surface area (Å²) in [6, 6.07) is 5.09. The van der Waals surface area contributed by atoms with E-state index < -0.39 is 0 Å². The van der Waals surface area contributed by atoms with Gasteiger partial charge in [0.15, 0.2) is 5.82 Å². The van der Waals surface area contributed by atoms with Crippen LogP contribution in [0.2, 0.25) is 0 Å². The van der Waals surface area contributed by atoms with E-state index in [4.69, 9.17) is 5.11 Å². The van der Waals surface area contributed by atoms with Gasteiger partial charge >= 0.3 is 0 Å². The Labute approximate surface area is 139 Å². The van der Waals surface area contributed by atoms with E-state index in [0.29, 0.717) is 5.82 Å². The van der Waals surface area contributed by atoms with Crippen LogP contribution in [0.25, 0.3) is 10.6 Å². The van der Waals surface area contributed by atoms with Crippen molar-refractivity contribution in [2.45, 2.75) is 4.90 Å². The summed E-state index contributed by atoms with van der Waals surface area (Å²) in [7, 11) is 3.00. The van der Waals surface area contributed by atoms with E-state index in [1.165, 1.54) is 33.3 Å². The minimum Gasteiger partial charge on any atom is -0.508 e. The monoisotopic (exact) mass is 352 g/mol. The number of tetrazole rings is 1. The van der Waals surface area contributed by atoms with Crippen molar-refractivity contribution in [2.75, 3.05) is 12.9 Å².